The van der Waals surface area contributed by atoms with Crippen molar-refractivity contribution >= 4 is 5.91 Å². The number of nitrogens with zero attached hydrogens (tertiary/aromatic N) is 2. The fourth-order valence-corrected chi connectivity index (χ4v) is 2.52. The van der Waals surface area contributed by atoms with Gasteiger partial charge in [-0.1, -0.05) is 6.42 Å². The van der Waals surface area contributed by atoms with Crippen molar-refractivity contribution in [2.45, 2.75) is 38.5 Å². The Balaban J connectivity index is 2.14. The van der Waals surface area contributed by atoms with Gasteiger partial charge in [0.05, 0.1) is 0 Å². The van der Waals surface area contributed by atoms with Gasteiger partial charge in [-0.3, -0.25) is 4.79 Å². The van der Waals surface area contributed by atoms with Crippen LogP contribution in [-0.2, 0) is 4.79 Å². The lowest BCUT2D eigenvalue weighted by atomic mass is 9.96. The van der Waals surface area contributed by atoms with Crippen LogP contribution >= 0.6 is 0 Å². The monoisotopic (exact) mass is 255 g/mol. The first-order chi connectivity index (χ1) is 8.63. The number of nitrogens with two attached hydrogens (primary N) is 1. The summed E-state index contributed by atoms with van der Waals surface area (Å²) < 4.78 is 0. The highest BCUT2D eigenvalue weighted by molar-refractivity contribution is 5.75. The maximum absolute atomic E-state index is 11.9. The smallest absolute Gasteiger partial charge is 0.222 e. The van der Waals surface area contributed by atoms with E-state index in [2.05, 4.69) is 11.9 Å². The molecule has 18 heavy (non-hydrogen) atoms. The summed E-state index contributed by atoms with van der Waals surface area (Å²) in [5.74, 6) is 0.991. The summed E-state index contributed by atoms with van der Waals surface area (Å²) in [7, 11) is 4.12. The van der Waals surface area contributed by atoms with Gasteiger partial charge in [-0.05, 0) is 58.3 Å². The molecule has 0 saturated carbocycles. The molecule has 0 radical (unpaired) electrons. The Hall–Kier alpha value is -0.610. The molecule has 2 N–H and O–H groups in total. The third-order valence-corrected chi connectivity index (χ3v) is 3.89. The predicted octanol–water partition coefficient (Wildman–Crippen LogP) is 1.31. The molecule has 1 saturated heterocycles. The lowest BCUT2D eigenvalue weighted by molar-refractivity contribution is -0.130. The van der Waals surface area contributed by atoms with E-state index in [0.29, 0.717) is 18.2 Å². The van der Waals surface area contributed by atoms with Crippen LogP contribution in [0.25, 0.3) is 0 Å². The summed E-state index contributed by atoms with van der Waals surface area (Å²) in [6.07, 6.45) is 6.22. The van der Waals surface area contributed by atoms with Crippen molar-refractivity contribution in [3.05, 3.63) is 0 Å². The molecule has 0 spiro atoms. The molecule has 0 aromatic carbocycles. The van der Waals surface area contributed by atoms with Crippen LogP contribution < -0.4 is 5.73 Å². The molecule has 1 fully saturated rings. The quantitative estimate of drug-likeness (QED) is 0.698. The molecule has 0 aromatic heterocycles. The van der Waals surface area contributed by atoms with E-state index in [1.165, 1.54) is 25.9 Å². The molecule has 1 rings (SSSR count). The van der Waals surface area contributed by atoms with Gasteiger partial charge in [-0.15, -0.1) is 0 Å². The summed E-state index contributed by atoms with van der Waals surface area (Å²) in [5, 5.41) is 0. The number of unbranched alkanes of at least 4 members (excludes halogenated alkanes) is 2. The number of carbonyl (C=O) groups is 1. The second-order valence-corrected chi connectivity index (χ2v) is 5.62. The second-order valence-electron chi connectivity index (χ2n) is 5.62. The Bertz CT molecular complexity index is 237. The summed E-state index contributed by atoms with van der Waals surface area (Å²) in [6, 6.07) is 0. The van der Waals surface area contributed by atoms with Crippen molar-refractivity contribution in [3.63, 3.8) is 0 Å². The molecule has 4 nitrogen and oxygen atoms in total. The number of carbonyl (C=O) groups excluding carboxylic acids is 1. The third-order valence-electron chi connectivity index (χ3n) is 3.89. The zero-order valence-electron chi connectivity index (χ0n) is 12.0. The van der Waals surface area contributed by atoms with Crippen LogP contribution in [0.4, 0.5) is 0 Å². The topological polar surface area (TPSA) is 49.6 Å². The average Bonchev–Trinajstić information content (AvgIpc) is 2.37. The standard InChI is InChI=1S/C14H29N3O/c1-16-10-7-13(8-11-16)12-17(2)14(18)6-4-3-5-9-15/h13H,3-12,15H2,1-2H3. The summed E-state index contributed by atoms with van der Waals surface area (Å²) in [6.45, 7) is 4.01. The number of rotatable bonds is 7. The molecule has 1 aliphatic heterocycles. The Kier molecular flexibility index (Phi) is 7.28. The molecule has 0 aliphatic carbocycles. The summed E-state index contributed by atoms with van der Waals surface area (Å²) in [5.41, 5.74) is 5.44. The first kappa shape index (κ1) is 15.4. The van der Waals surface area contributed by atoms with Gasteiger partial charge in [0.25, 0.3) is 0 Å². The van der Waals surface area contributed by atoms with Crippen molar-refractivity contribution < 1.29 is 4.79 Å². The average molecular weight is 255 g/mol. The highest BCUT2D eigenvalue weighted by atomic mass is 16.2. The molecule has 4 heteroatoms. The minimum atomic E-state index is 0.297. The molecule has 0 aromatic rings. The first-order valence-corrected chi connectivity index (χ1v) is 7.26. The van der Waals surface area contributed by atoms with E-state index < -0.39 is 0 Å². The van der Waals surface area contributed by atoms with E-state index in [1.54, 1.807) is 0 Å². The lowest BCUT2D eigenvalue weighted by Gasteiger charge is -2.31. The molecule has 1 heterocycles. The maximum Gasteiger partial charge on any atom is 0.222 e. The minimum absolute atomic E-state index is 0.297. The molecular weight excluding hydrogens is 226 g/mol. The van der Waals surface area contributed by atoms with Gasteiger partial charge in [0, 0.05) is 20.0 Å². The molecule has 1 aliphatic rings. The van der Waals surface area contributed by atoms with Gasteiger partial charge in [0.1, 0.15) is 0 Å². The summed E-state index contributed by atoms with van der Waals surface area (Å²) in [4.78, 5) is 16.2. The highest BCUT2D eigenvalue weighted by Crippen LogP contribution is 2.17. The molecular formula is C14H29N3O. The van der Waals surface area contributed by atoms with E-state index in [9.17, 15) is 4.79 Å². The molecule has 0 bridgehead atoms. The highest BCUT2D eigenvalue weighted by Gasteiger charge is 2.19. The lowest BCUT2D eigenvalue weighted by Crippen LogP contribution is -2.37. The van der Waals surface area contributed by atoms with Gasteiger partial charge < -0.3 is 15.5 Å². The van der Waals surface area contributed by atoms with Crippen molar-refractivity contribution in [3.8, 4) is 0 Å². The van der Waals surface area contributed by atoms with Crippen LogP contribution in [0.2, 0.25) is 0 Å². The van der Waals surface area contributed by atoms with Gasteiger partial charge >= 0.3 is 0 Å². The van der Waals surface area contributed by atoms with E-state index in [4.69, 9.17) is 5.73 Å². The molecule has 1 amide bonds. The molecule has 0 atom stereocenters. The zero-order valence-corrected chi connectivity index (χ0v) is 12.0. The maximum atomic E-state index is 11.9. The third kappa shape index (κ3) is 5.83. The number of piperidine rings is 1. The van der Waals surface area contributed by atoms with Crippen molar-refractivity contribution in [1.29, 1.82) is 0 Å². The number of hydrogen-bond acceptors (Lipinski definition) is 3. The van der Waals surface area contributed by atoms with Crippen molar-refractivity contribution in [2.24, 2.45) is 11.7 Å². The van der Waals surface area contributed by atoms with E-state index in [-0.39, 0.29) is 0 Å². The fraction of sp³-hybridized carbons (Fsp3) is 0.929. The van der Waals surface area contributed by atoms with Gasteiger partial charge in [0.15, 0.2) is 0 Å². The van der Waals surface area contributed by atoms with Crippen LogP contribution in [0, 0.1) is 5.92 Å². The van der Waals surface area contributed by atoms with E-state index in [0.717, 1.165) is 32.4 Å². The van der Waals surface area contributed by atoms with E-state index in [1.807, 2.05) is 11.9 Å². The fourth-order valence-electron chi connectivity index (χ4n) is 2.52. The molecule has 0 unspecified atom stereocenters. The van der Waals surface area contributed by atoms with Gasteiger partial charge in [-0.2, -0.15) is 0 Å². The van der Waals surface area contributed by atoms with Gasteiger partial charge in [-0.25, -0.2) is 0 Å². The molecule has 106 valence electrons. The van der Waals surface area contributed by atoms with Crippen LogP contribution in [0.5, 0.6) is 0 Å². The van der Waals surface area contributed by atoms with Crippen LogP contribution in [-0.4, -0.2) is 56.0 Å². The first-order valence-electron chi connectivity index (χ1n) is 7.26. The Morgan fingerprint density at radius 1 is 1.28 bits per heavy atom. The predicted molar refractivity (Wildman–Crippen MR) is 75.4 cm³/mol. The number of hydrogen-bond donors (Lipinski definition) is 1. The Morgan fingerprint density at radius 2 is 1.94 bits per heavy atom. The van der Waals surface area contributed by atoms with Gasteiger partial charge in [0.2, 0.25) is 5.91 Å². The van der Waals surface area contributed by atoms with Crippen molar-refractivity contribution in [1.82, 2.24) is 9.80 Å². The summed E-state index contributed by atoms with van der Waals surface area (Å²) >= 11 is 0. The second kappa shape index (κ2) is 8.48. The van der Waals surface area contributed by atoms with Crippen LogP contribution in [0.15, 0.2) is 0 Å². The normalized spacial score (nSPS) is 17.9. The largest absolute Gasteiger partial charge is 0.345 e. The van der Waals surface area contributed by atoms with Crippen LogP contribution in [0.1, 0.15) is 38.5 Å². The Labute approximate surface area is 111 Å². The van der Waals surface area contributed by atoms with Crippen LogP contribution in [0.3, 0.4) is 0 Å². The minimum Gasteiger partial charge on any atom is -0.345 e. The van der Waals surface area contributed by atoms with E-state index >= 15 is 0 Å². The SMILES string of the molecule is CN1CCC(CN(C)C(=O)CCCCCN)CC1. The Morgan fingerprint density at radius 3 is 2.56 bits per heavy atom. The number of amides is 1. The zero-order chi connectivity index (χ0) is 13.4. The number of likely N-dealkylation sites (tertiary alicyclic amines) is 1. The van der Waals surface area contributed by atoms with Crippen molar-refractivity contribution in [2.75, 3.05) is 40.3 Å².